The molecule has 1 unspecified atom stereocenters. The van der Waals surface area contributed by atoms with E-state index in [1.165, 1.54) is 6.92 Å². The molecule has 1 N–H and O–H groups in total. The molecule has 0 heterocycles. The molecule has 6 heteroatoms. The van der Waals surface area contributed by atoms with Gasteiger partial charge in [-0.05, 0) is 38.5 Å². The number of hydrogen-bond acceptors (Lipinski definition) is 5. The first-order chi connectivity index (χ1) is 9.95. The van der Waals surface area contributed by atoms with Crippen molar-refractivity contribution in [3.05, 3.63) is 0 Å². The van der Waals surface area contributed by atoms with E-state index in [-0.39, 0.29) is 30.7 Å². The zero-order valence-corrected chi connectivity index (χ0v) is 12.9. The van der Waals surface area contributed by atoms with Gasteiger partial charge in [0.05, 0.1) is 6.61 Å². The van der Waals surface area contributed by atoms with Gasteiger partial charge in [0.25, 0.3) is 0 Å². The molecule has 0 rings (SSSR count). The van der Waals surface area contributed by atoms with Crippen molar-refractivity contribution in [3.63, 3.8) is 0 Å². The molecule has 0 amide bonds. The van der Waals surface area contributed by atoms with Crippen LogP contribution in [0.4, 0.5) is 0 Å². The highest BCUT2D eigenvalue weighted by molar-refractivity contribution is 5.75. The number of esters is 1. The molecule has 0 saturated carbocycles. The number of Topliss-reactive ketones (excluding diaryl/α,β-unsaturated/α-hetero) is 1. The summed E-state index contributed by atoms with van der Waals surface area (Å²) in [4.78, 5) is 33.1. The van der Waals surface area contributed by atoms with Crippen molar-refractivity contribution in [1.82, 2.24) is 0 Å². The predicted octanol–water partition coefficient (Wildman–Crippen LogP) is 2.20. The van der Waals surface area contributed by atoms with Crippen molar-refractivity contribution in [2.75, 3.05) is 20.3 Å². The maximum absolute atomic E-state index is 11.5. The Morgan fingerprint density at radius 3 is 2.33 bits per heavy atom. The van der Waals surface area contributed by atoms with Gasteiger partial charge in [0, 0.05) is 33.0 Å². The second kappa shape index (κ2) is 12.3. The number of ether oxygens (including phenoxy) is 2. The van der Waals surface area contributed by atoms with Gasteiger partial charge in [-0.2, -0.15) is 0 Å². The standard InChI is InChI=1S/C15H26O6/c1-12(16)11-13(6-7-14(17)18)8-10-21-15(19)5-3-4-9-20-2/h13H,3-11H2,1-2H3,(H,17,18). The molecule has 0 aromatic heterocycles. The maximum Gasteiger partial charge on any atom is 0.305 e. The van der Waals surface area contributed by atoms with Crippen molar-refractivity contribution < 1.29 is 29.0 Å². The summed E-state index contributed by atoms with van der Waals surface area (Å²) in [7, 11) is 1.62. The lowest BCUT2D eigenvalue weighted by atomic mass is 9.94. The van der Waals surface area contributed by atoms with Gasteiger partial charge in [-0.25, -0.2) is 0 Å². The van der Waals surface area contributed by atoms with Crippen molar-refractivity contribution >= 4 is 17.7 Å². The molecule has 0 aliphatic heterocycles. The summed E-state index contributed by atoms with van der Waals surface area (Å²) in [6.45, 7) is 2.35. The fraction of sp³-hybridized carbons (Fsp3) is 0.800. The number of carbonyl (C=O) groups is 3. The molecule has 0 aromatic carbocycles. The van der Waals surface area contributed by atoms with E-state index in [4.69, 9.17) is 14.6 Å². The Kier molecular flexibility index (Phi) is 11.5. The van der Waals surface area contributed by atoms with Gasteiger partial charge in [0.2, 0.25) is 0 Å². The molecule has 0 aromatic rings. The van der Waals surface area contributed by atoms with Crippen LogP contribution in [0.3, 0.4) is 0 Å². The van der Waals surface area contributed by atoms with Gasteiger partial charge in [0.15, 0.2) is 0 Å². The Labute approximate surface area is 125 Å². The summed E-state index contributed by atoms with van der Waals surface area (Å²) < 4.78 is 9.99. The second-order valence-corrected chi connectivity index (χ2v) is 5.16. The summed E-state index contributed by atoms with van der Waals surface area (Å²) in [5.41, 5.74) is 0. The van der Waals surface area contributed by atoms with Crippen LogP contribution in [0.1, 0.15) is 51.9 Å². The number of rotatable bonds is 13. The number of hydrogen-bond donors (Lipinski definition) is 1. The number of carboxylic acids is 1. The summed E-state index contributed by atoms with van der Waals surface area (Å²) in [6, 6.07) is 0. The molecular weight excluding hydrogens is 276 g/mol. The number of methoxy groups -OCH3 is 1. The lowest BCUT2D eigenvalue weighted by Crippen LogP contribution is -2.13. The molecular formula is C15H26O6. The van der Waals surface area contributed by atoms with Gasteiger partial charge in [-0.3, -0.25) is 9.59 Å². The van der Waals surface area contributed by atoms with Crippen LogP contribution in [-0.2, 0) is 23.9 Å². The second-order valence-electron chi connectivity index (χ2n) is 5.16. The van der Waals surface area contributed by atoms with E-state index in [2.05, 4.69) is 0 Å². The molecule has 0 fully saturated rings. The van der Waals surface area contributed by atoms with Gasteiger partial charge in [-0.1, -0.05) is 0 Å². The van der Waals surface area contributed by atoms with E-state index in [1.807, 2.05) is 0 Å². The monoisotopic (exact) mass is 302 g/mol. The van der Waals surface area contributed by atoms with Crippen LogP contribution in [0.15, 0.2) is 0 Å². The predicted molar refractivity (Wildman–Crippen MR) is 77.0 cm³/mol. The van der Waals surface area contributed by atoms with E-state index < -0.39 is 5.97 Å². The minimum absolute atomic E-state index is 0.0243. The number of carbonyl (C=O) groups excluding carboxylic acids is 2. The molecule has 0 spiro atoms. The van der Waals surface area contributed by atoms with Crippen LogP contribution < -0.4 is 0 Å². The van der Waals surface area contributed by atoms with E-state index in [1.54, 1.807) is 7.11 Å². The third kappa shape index (κ3) is 13.3. The summed E-state index contributed by atoms with van der Waals surface area (Å²) in [5.74, 6) is -1.15. The van der Waals surface area contributed by atoms with Crippen molar-refractivity contribution in [2.45, 2.75) is 51.9 Å². The normalized spacial score (nSPS) is 11.9. The lowest BCUT2D eigenvalue weighted by molar-refractivity contribution is -0.144. The molecule has 0 saturated heterocycles. The zero-order chi connectivity index (χ0) is 16.1. The van der Waals surface area contributed by atoms with Gasteiger partial charge < -0.3 is 19.4 Å². The molecule has 6 nitrogen and oxygen atoms in total. The Morgan fingerprint density at radius 2 is 1.76 bits per heavy atom. The fourth-order valence-corrected chi connectivity index (χ4v) is 2.01. The Morgan fingerprint density at radius 1 is 1.05 bits per heavy atom. The van der Waals surface area contributed by atoms with Crippen LogP contribution in [-0.4, -0.2) is 43.2 Å². The average molecular weight is 302 g/mol. The Balaban J connectivity index is 3.86. The Hall–Kier alpha value is -1.43. The fourth-order valence-electron chi connectivity index (χ4n) is 2.01. The van der Waals surface area contributed by atoms with Crippen LogP contribution in [0, 0.1) is 5.92 Å². The van der Waals surface area contributed by atoms with E-state index >= 15 is 0 Å². The van der Waals surface area contributed by atoms with Crippen molar-refractivity contribution in [3.8, 4) is 0 Å². The maximum atomic E-state index is 11.5. The van der Waals surface area contributed by atoms with Crippen LogP contribution in [0.2, 0.25) is 0 Å². The third-order valence-electron chi connectivity index (χ3n) is 3.11. The summed E-state index contributed by atoms with van der Waals surface area (Å²) >= 11 is 0. The smallest absolute Gasteiger partial charge is 0.305 e. The number of carboxylic acid groups (broad SMARTS) is 1. The average Bonchev–Trinajstić information content (AvgIpc) is 2.40. The highest BCUT2D eigenvalue weighted by Gasteiger charge is 2.14. The van der Waals surface area contributed by atoms with Crippen LogP contribution in [0.25, 0.3) is 0 Å². The molecule has 1 atom stereocenters. The van der Waals surface area contributed by atoms with Crippen molar-refractivity contribution in [2.24, 2.45) is 5.92 Å². The highest BCUT2D eigenvalue weighted by Crippen LogP contribution is 2.16. The SMILES string of the molecule is COCCCCC(=O)OCCC(CCC(=O)O)CC(C)=O. The Bertz CT molecular complexity index is 326. The third-order valence-corrected chi connectivity index (χ3v) is 3.11. The largest absolute Gasteiger partial charge is 0.481 e. The molecule has 0 radical (unpaired) electrons. The topological polar surface area (TPSA) is 89.9 Å². The van der Waals surface area contributed by atoms with E-state index in [9.17, 15) is 14.4 Å². The number of unbranched alkanes of at least 4 members (excludes halogenated alkanes) is 1. The van der Waals surface area contributed by atoms with Gasteiger partial charge in [-0.15, -0.1) is 0 Å². The van der Waals surface area contributed by atoms with Crippen molar-refractivity contribution in [1.29, 1.82) is 0 Å². The molecule has 0 aliphatic carbocycles. The first kappa shape index (κ1) is 19.6. The first-order valence-corrected chi connectivity index (χ1v) is 7.31. The van der Waals surface area contributed by atoms with Gasteiger partial charge in [0.1, 0.15) is 5.78 Å². The van der Waals surface area contributed by atoms with Crippen LogP contribution >= 0.6 is 0 Å². The van der Waals surface area contributed by atoms with Gasteiger partial charge >= 0.3 is 11.9 Å². The summed E-state index contributed by atoms with van der Waals surface area (Å²) in [5, 5.41) is 8.67. The zero-order valence-electron chi connectivity index (χ0n) is 12.9. The number of aliphatic carboxylic acids is 1. The highest BCUT2D eigenvalue weighted by atomic mass is 16.5. The van der Waals surface area contributed by atoms with Crippen LogP contribution in [0.5, 0.6) is 0 Å². The first-order valence-electron chi connectivity index (χ1n) is 7.31. The lowest BCUT2D eigenvalue weighted by Gasteiger charge is -2.14. The molecule has 0 bridgehead atoms. The molecule has 21 heavy (non-hydrogen) atoms. The molecule has 0 aliphatic rings. The summed E-state index contributed by atoms with van der Waals surface area (Å²) in [6.07, 6.45) is 3.22. The minimum atomic E-state index is -0.876. The van der Waals surface area contributed by atoms with E-state index in [0.717, 1.165) is 12.8 Å². The number of ketones is 1. The molecule has 122 valence electrons. The van der Waals surface area contributed by atoms with E-state index in [0.29, 0.717) is 32.3 Å². The quantitative estimate of drug-likeness (QED) is 0.414. The minimum Gasteiger partial charge on any atom is -0.481 e.